The van der Waals surface area contributed by atoms with Gasteiger partial charge in [-0.1, -0.05) is 271 Å². The highest BCUT2D eigenvalue weighted by Gasteiger charge is 2.16. The van der Waals surface area contributed by atoms with Crippen LogP contribution in [-0.2, 0) is 4.79 Å². The first-order valence-corrected chi connectivity index (χ1v) is 22.9. The monoisotopic (exact) mass is 677 g/mol. The number of rotatable bonds is 43. The van der Waals surface area contributed by atoms with Crippen LogP contribution in [0.2, 0.25) is 0 Å². The smallest absolute Gasteiger partial charge is 0.306 e. The Bertz CT molecular complexity index is 587. The quantitative estimate of drug-likeness (QED) is 0.0653. The molecule has 0 aliphatic carbocycles. The third-order valence-corrected chi connectivity index (χ3v) is 11.2. The Morgan fingerprint density at radius 2 is 0.438 bits per heavy atom. The molecule has 0 fully saturated rings. The number of carboxylic acid groups (broad SMARTS) is 1. The highest BCUT2D eigenvalue weighted by atomic mass is 16.4. The molecule has 288 valence electrons. The second kappa shape index (κ2) is 42.6. The lowest BCUT2D eigenvalue weighted by Crippen LogP contribution is -2.13. The first-order valence-electron chi connectivity index (χ1n) is 22.9. The van der Waals surface area contributed by atoms with Crippen molar-refractivity contribution in [3.05, 3.63) is 0 Å². The summed E-state index contributed by atoms with van der Waals surface area (Å²) in [4.78, 5) is 11.7. The highest BCUT2D eigenvalue weighted by molar-refractivity contribution is 5.69. The molecule has 2 nitrogen and oxygen atoms in total. The molecule has 1 N–H and O–H groups in total. The molecular formula is C46H92O2. The molecule has 1 atom stereocenters. The molecular weight excluding hydrogens is 585 g/mol. The lowest BCUT2D eigenvalue weighted by Gasteiger charge is -2.12. The van der Waals surface area contributed by atoms with E-state index in [1.807, 2.05) is 0 Å². The first kappa shape index (κ1) is 47.5. The van der Waals surface area contributed by atoms with Crippen LogP contribution in [-0.4, -0.2) is 11.1 Å². The molecule has 0 bridgehead atoms. The summed E-state index contributed by atoms with van der Waals surface area (Å²) >= 11 is 0. The molecule has 1 unspecified atom stereocenters. The third-order valence-electron chi connectivity index (χ3n) is 11.2. The van der Waals surface area contributed by atoms with Gasteiger partial charge in [0.2, 0.25) is 0 Å². The van der Waals surface area contributed by atoms with Crippen molar-refractivity contribution in [1.82, 2.24) is 0 Å². The van der Waals surface area contributed by atoms with Crippen LogP contribution in [0.15, 0.2) is 0 Å². The minimum atomic E-state index is -0.553. The number of hydrogen-bond donors (Lipinski definition) is 1. The molecule has 0 rings (SSSR count). The van der Waals surface area contributed by atoms with Crippen LogP contribution < -0.4 is 0 Å². The zero-order valence-corrected chi connectivity index (χ0v) is 33.6. The van der Waals surface area contributed by atoms with Crippen LogP contribution in [0.25, 0.3) is 0 Å². The van der Waals surface area contributed by atoms with Crippen molar-refractivity contribution in [2.45, 2.75) is 284 Å². The number of aliphatic carboxylic acids is 1. The average Bonchev–Trinajstić information content (AvgIpc) is 3.08. The summed E-state index contributed by atoms with van der Waals surface area (Å²) in [6.45, 7) is 4.59. The van der Waals surface area contributed by atoms with Crippen molar-refractivity contribution < 1.29 is 9.90 Å². The van der Waals surface area contributed by atoms with E-state index in [9.17, 15) is 9.90 Å². The Hall–Kier alpha value is -0.530. The molecule has 0 aromatic heterocycles. The maximum atomic E-state index is 11.7. The van der Waals surface area contributed by atoms with Crippen LogP contribution in [0.1, 0.15) is 284 Å². The molecule has 0 aromatic carbocycles. The van der Waals surface area contributed by atoms with Gasteiger partial charge in [0.15, 0.2) is 0 Å². The molecule has 0 saturated heterocycles. The summed E-state index contributed by atoms with van der Waals surface area (Å²) in [6, 6.07) is 0. The largest absolute Gasteiger partial charge is 0.481 e. The van der Waals surface area contributed by atoms with E-state index in [1.165, 1.54) is 244 Å². The van der Waals surface area contributed by atoms with E-state index < -0.39 is 5.97 Å². The van der Waals surface area contributed by atoms with E-state index in [0.717, 1.165) is 25.7 Å². The highest BCUT2D eigenvalue weighted by Crippen LogP contribution is 2.21. The number of unbranched alkanes of at least 4 members (excludes halogenated alkanes) is 38. The fraction of sp³-hybridized carbons (Fsp3) is 0.978. The molecule has 0 aromatic rings. The van der Waals surface area contributed by atoms with Crippen LogP contribution in [0.4, 0.5) is 0 Å². The SMILES string of the molecule is CCCCCCCCCCCCCCCCCCCCCCCCCCCCCCC(CCCCCCCCCCCCCC)C(=O)O. The average molecular weight is 677 g/mol. The standard InChI is InChI=1S/C46H92O2/c1-3-5-7-9-11-13-15-17-18-19-20-21-22-23-24-25-26-27-28-29-30-31-32-34-36-38-40-42-44-45(46(47)48)43-41-39-37-35-33-16-14-12-10-8-6-4-2/h45H,3-44H2,1-2H3,(H,47,48). The summed E-state index contributed by atoms with van der Waals surface area (Å²) in [5.41, 5.74) is 0. The predicted octanol–water partition coefficient (Wildman–Crippen LogP) is 17.1. The lowest BCUT2D eigenvalue weighted by molar-refractivity contribution is -0.142. The summed E-state index contributed by atoms with van der Waals surface area (Å²) in [6.07, 6.45) is 57.7. The van der Waals surface area contributed by atoms with E-state index in [-0.39, 0.29) is 5.92 Å². The fourth-order valence-electron chi connectivity index (χ4n) is 7.68. The molecule has 2 heteroatoms. The maximum Gasteiger partial charge on any atom is 0.306 e. The van der Waals surface area contributed by atoms with Crippen LogP contribution in [0.3, 0.4) is 0 Å². The molecule has 0 aliphatic heterocycles. The molecule has 0 spiro atoms. The Kier molecular flexibility index (Phi) is 42.2. The molecule has 0 heterocycles. The van der Waals surface area contributed by atoms with E-state index in [2.05, 4.69) is 13.8 Å². The Morgan fingerprint density at radius 1 is 0.292 bits per heavy atom. The van der Waals surface area contributed by atoms with Crippen LogP contribution in [0, 0.1) is 5.92 Å². The van der Waals surface area contributed by atoms with Crippen molar-refractivity contribution in [3.8, 4) is 0 Å². The van der Waals surface area contributed by atoms with Gasteiger partial charge in [-0.3, -0.25) is 4.79 Å². The molecule has 0 amide bonds. The normalized spacial score (nSPS) is 12.2. The van der Waals surface area contributed by atoms with Gasteiger partial charge in [-0.15, -0.1) is 0 Å². The summed E-state index contributed by atoms with van der Waals surface area (Å²) in [7, 11) is 0. The Morgan fingerprint density at radius 3 is 0.583 bits per heavy atom. The summed E-state index contributed by atoms with van der Waals surface area (Å²) < 4.78 is 0. The third kappa shape index (κ3) is 39.9. The van der Waals surface area contributed by atoms with Gasteiger partial charge >= 0.3 is 5.97 Å². The minimum Gasteiger partial charge on any atom is -0.481 e. The molecule has 0 aliphatic rings. The van der Waals surface area contributed by atoms with Crippen molar-refractivity contribution in [2.75, 3.05) is 0 Å². The minimum absolute atomic E-state index is 0.0998. The number of hydrogen-bond acceptors (Lipinski definition) is 1. The Balaban J connectivity index is 3.28. The Labute approximate surface area is 304 Å². The van der Waals surface area contributed by atoms with Gasteiger partial charge in [-0.25, -0.2) is 0 Å². The number of carboxylic acids is 1. The van der Waals surface area contributed by atoms with E-state index >= 15 is 0 Å². The maximum absolute atomic E-state index is 11.7. The van der Waals surface area contributed by atoms with Gasteiger partial charge in [-0.05, 0) is 12.8 Å². The van der Waals surface area contributed by atoms with Gasteiger partial charge in [0, 0.05) is 0 Å². The van der Waals surface area contributed by atoms with E-state index in [1.54, 1.807) is 0 Å². The van der Waals surface area contributed by atoms with Crippen LogP contribution in [0.5, 0.6) is 0 Å². The zero-order valence-electron chi connectivity index (χ0n) is 33.6. The molecule has 48 heavy (non-hydrogen) atoms. The van der Waals surface area contributed by atoms with Crippen molar-refractivity contribution in [1.29, 1.82) is 0 Å². The summed E-state index contributed by atoms with van der Waals surface area (Å²) in [5.74, 6) is -0.653. The molecule has 0 radical (unpaired) electrons. The van der Waals surface area contributed by atoms with Crippen molar-refractivity contribution in [3.63, 3.8) is 0 Å². The van der Waals surface area contributed by atoms with Gasteiger partial charge in [0.05, 0.1) is 5.92 Å². The van der Waals surface area contributed by atoms with Gasteiger partial charge in [0.1, 0.15) is 0 Å². The van der Waals surface area contributed by atoms with Gasteiger partial charge in [0.25, 0.3) is 0 Å². The zero-order chi connectivity index (χ0) is 34.9. The topological polar surface area (TPSA) is 37.3 Å². The van der Waals surface area contributed by atoms with Crippen molar-refractivity contribution >= 4 is 5.97 Å². The van der Waals surface area contributed by atoms with E-state index in [4.69, 9.17) is 0 Å². The lowest BCUT2D eigenvalue weighted by atomic mass is 9.94. The number of carbonyl (C=O) groups is 1. The fourth-order valence-corrected chi connectivity index (χ4v) is 7.68. The first-order chi connectivity index (χ1) is 23.7. The van der Waals surface area contributed by atoms with Crippen LogP contribution >= 0.6 is 0 Å². The van der Waals surface area contributed by atoms with Gasteiger partial charge in [-0.2, -0.15) is 0 Å². The second-order valence-electron chi connectivity index (χ2n) is 16.0. The second-order valence-corrected chi connectivity index (χ2v) is 16.0. The summed E-state index contributed by atoms with van der Waals surface area (Å²) in [5, 5.41) is 9.65. The van der Waals surface area contributed by atoms with Gasteiger partial charge < -0.3 is 5.11 Å². The van der Waals surface area contributed by atoms with E-state index in [0.29, 0.717) is 0 Å². The molecule has 0 saturated carbocycles. The predicted molar refractivity (Wildman–Crippen MR) is 216 cm³/mol. The van der Waals surface area contributed by atoms with Crippen molar-refractivity contribution in [2.24, 2.45) is 5.92 Å².